The first-order valence-corrected chi connectivity index (χ1v) is 10.3. The SMILES string of the molecule is COc1ccc([C@@H]2CN(C(=O)[C@H](C)O)C[C@@]2(C)[C@@H](C)O)cc1OC1CCCC1. The molecule has 2 N–H and O–H groups in total. The highest BCUT2D eigenvalue weighted by atomic mass is 16.5. The van der Waals surface area contributed by atoms with Gasteiger partial charge in [0, 0.05) is 24.4 Å². The minimum atomic E-state index is -1.05. The highest BCUT2D eigenvalue weighted by Crippen LogP contribution is 2.47. The molecular weight excluding hydrogens is 358 g/mol. The van der Waals surface area contributed by atoms with Gasteiger partial charge in [0.2, 0.25) is 0 Å². The maximum Gasteiger partial charge on any atom is 0.251 e. The zero-order chi connectivity index (χ0) is 20.5. The van der Waals surface area contributed by atoms with Gasteiger partial charge in [-0.05, 0) is 57.2 Å². The number of carbonyl (C=O) groups is 1. The summed E-state index contributed by atoms with van der Waals surface area (Å²) in [5.41, 5.74) is 0.502. The van der Waals surface area contributed by atoms with E-state index in [9.17, 15) is 15.0 Å². The average Bonchev–Trinajstić information content (AvgIpc) is 3.29. The van der Waals surface area contributed by atoms with Gasteiger partial charge in [-0.3, -0.25) is 4.79 Å². The van der Waals surface area contributed by atoms with Gasteiger partial charge < -0.3 is 24.6 Å². The van der Waals surface area contributed by atoms with Gasteiger partial charge in [0.1, 0.15) is 6.10 Å². The third kappa shape index (κ3) is 3.98. The Morgan fingerprint density at radius 2 is 1.89 bits per heavy atom. The Morgan fingerprint density at radius 3 is 2.46 bits per heavy atom. The lowest BCUT2D eigenvalue weighted by atomic mass is 9.72. The van der Waals surface area contributed by atoms with Crippen LogP contribution in [-0.2, 0) is 4.79 Å². The Bertz CT molecular complexity index is 698. The van der Waals surface area contributed by atoms with Crippen LogP contribution in [0.3, 0.4) is 0 Å². The van der Waals surface area contributed by atoms with E-state index in [4.69, 9.17) is 9.47 Å². The van der Waals surface area contributed by atoms with Gasteiger partial charge in [-0.25, -0.2) is 0 Å². The molecule has 0 spiro atoms. The van der Waals surface area contributed by atoms with E-state index in [1.165, 1.54) is 19.8 Å². The van der Waals surface area contributed by atoms with E-state index < -0.39 is 17.6 Å². The molecule has 1 amide bonds. The van der Waals surface area contributed by atoms with Gasteiger partial charge in [-0.1, -0.05) is 13.0 Å². The molecule has 1 aliphatic carbocycles. The molecule has 0 unspecified atom stereocenters. The van der Waals surface area contributed by atoms with Crippen LogP contribution in [0.4, 0.5) is 0 Å². The van der Waals surface area contributed by atoms with Crippen molar-refractivity contribution in [1.29, 1.82) is 0 Å². The zero-order valence-electron chi connectivity index (χ0n) is 17.4. The van der Waals surface area contributed by atoms with Crippen molar-refractivity contribution in [3.8, 4) is 11.5 Å². The molecule has 1 aromatic carbocycles. The standard InChI is InChI=1S/C22H33NO5/c1-14(24)21(26)23-12-18(22(3,13-23)15(2)25)16-9-10-19(27-4)20(11-16)28-17-7-5-6-8-17/h9-11,14-15,17-18,24-25H,5-8,12-13H2,1-4H3/t14-,15+,18-,22-/m0/s1. The summed E-state index contributed by atoms with van der Waals surface area (Å²) < 4.78 is 11.7. The summed E-state index contributed by atoms with van der Waals surface area (Å²) in [6.45, 7) is 6.11. The van der Waals surface area contributed by atoms with Crippen LogP contribution in [0.15, 0.2) is 18.2 Å². The van der Waals surface area contributed by atoms with Gasteiger partial charge in [-0.2, -0.15) is 0 Å². The Hall–Kier alpha value is -1.79. The molecule has 4 atom stereocenters. The maximum absolute atomic E-state index is 12.4. The summed E-state index contributed by atoms with van der Waals surface area (Å²) in [5, 5.41) is 20.3. The van der Waals surface area contributed by atoms with Crippen molar-refractivity contribution in [2.24, 2.45) is 5.41 Å². The number of likely N-dealkylation sites (tertiary alicyclic amines) is 1. The number of benzene rings is 1. The van der Waals surface area contributed by atoms with Crippen LogP contribution < -0.4 is 9.47 Å². The van der Waals surface area contributed by atoms with Crippen molar-refractivity contribution in [2.75, 3.05) is 20.2 Å². The highest BCUT2D eigenvalue weighted by Gasteiger charge is 2.48. The molecule has 1 saturated carbocycles. The molecule has 2 fully saturated rings. The van der Waals surface area contributed by atoms with Crippen molar-refractivity contribution in [2.45, 2.75) is 70.7 Å². The lowest BCUT2D eigenvalue weighted by molar-refractivity contribution is -0.138. The van der Waals surface area contributed by atoms with E-state index in [1.54, 1.807) is 18.9 Å². The van der Waals surface area contributed by atoms with Gasteiger partial charge in [0.25, 0.3) is 5.91 Å². The molecule has 2 aliphatic rings. The molecule has 0 bridgehead atoms. The number of methoxy groups -OCH3 is 1. The fourth-order valence-electron chi connectivity index (χ4n) is 4.54. The predicted octanol–water partition coefficient (Wildman–Crippen LogP) is 2.71. The largest absolute Gasteiger partial charge is 0.493 e. The topological polar surface area (TPSA) is 79.2 Å². The second-order valence-electron chi connectivity index (χ2n) is 8.56. The molecule has 1 aromatic rings. The zero-order valence-corrected chi connectivity index (χ0v) is 17.4. The summed E-state index contributed by atoms with van der Waals surface area (Å²) in [6, 6.07) is 5.89. The van der Waals surface area contributed by atoms with Crippen molar-refractivity contribution >= 4 is 5.91 Å². The Labute approximate surface area is 167 Å². The van der Waals surface area contributed by atoms with Crippen molar-refractivity contribution in [3.05, 3.63) is 23.8 Å². The Kier molecular flexibility index (Phi) is 6.20. The first kappa shape index (κ1) is 20.9. The number of aliphatic hydroxyl groups excluding tert-OH is 2. The van der Waals surface area contributed by atoms with E-state index in [1.807, 2.05) is 25.1 Å². The molecular formula is C22H33NO5. The second-order valence-corrected chi connectivity index (χ2v) is 8.56. The fraction of sp³-hybridized carbons (Fsp3) is 0.682. The molecule has 1 aliphatic heterocycles. The number of nitrogens with zero attached hydrogens (tertiary/aromatic N) is 1. The molecule has 1 heterocycles. The van der Waals surface area contributed by atoms with Gasteiger partial charge >= 0.3 is 0 Å². The molecule has 1 saturated heterocycles. The van der Waals surface area contributed by atoms with Crippen LogP contribution >= 0.6 is 0 Å². The minimum Gasteiger partial charge on any atom is -0.493 e. The number of rotatable bonds is 6. The van der Waals surface area contributed by atoms with Crippen molar-refractivity contribution in [1.82, 2.24) is 4.90 Å². The molecule has 3 rings (SSSR count). The van der Waals surface area contributed by atoms with E-state index in [2.05, 4.69) is 0 Å². The van der Waals surface area contributed by atoms with E-state index in [0.717, 1.165) is 24.2 Å². The molecule has 0 radical (unpaired) electrons. The summed E-state index contributed by atoms with van der Waals surface area (Å²) >= 11 is 0. The lowest BCUT2D eigenvalue weighted by Crippen LogP contribution is -2.40. The third-order valence-electron chi connectivity index (χ3n) is 6.54. The predicted molar refractivity (Wildman–Crippen MR) is 107 cm³/mol. The molecule has 6 nitrogen and oxygen atoms in total. The highest BCUT2D eigenvalue weighted by molar-refractivity contribution is 5.80. The molecule has 28 heavy (non-hydrogen) atoms. The Morgan fingerprint density at radius 1 is 1.21 bits per heavy atom. The van der Waals surface area contributed by atoms with E-state index in [-0.39, 0.29) is 17.9 Å². The summed E-state index contributed by atoms with van der Waals surface area (Å²) in [6.07, 6.45) is 3.04. The van der Waals surface area contributed by atoms with E-state index >= 15 is 0 Å². The number of aliphatic hydroxyl groups is 2. The first-order valence-electron chi connectivity index (χ1n) is 10.3. The smallest absolute Gasteiger partial charge is 0.251 e. The summed E-state index contributed by atoms with van der Waals surface area (Å²) in [4.78, 5) is 14.0. The monoisotopic (exact) mass is 391 g/mol. The van der Waals surface area contributed by atoms with Crippen LogP contribution in [0.1, 0.15) is 57.9 Å². The number of hydrogen-bond acceptors (Lipinski definition) is 5. The number of hydrogen-bond donors (Lipinski definition) is 2. The third-order valence-corrected chi connectivity index (χ3v) is 6.54. The van der Waals surface area contributed by atoms with Gasteiger partial charge in [0.15, 0.2) is 11.5 Å². The van der Waals surface area contributed by atoms with Gasteiger partial charge in [0.05, 0.1) is 19.3 Å². The normalized spacial score (nSPS) is 27.6. The van der Waals surface area contributed by atoms with Crippen LogP contribution in [0, 0.1) is 5.41 Å². The number of amides is 1. The number of carbonyl (C=O) groups excluding carboxylic acids is 1. The molecule has 156 valence electrons. The maximum atomic E-state index is 12.4. The van der Waals surface area contributed by atoms with Gasteiger partial charge in [-0.15, -0.1) is 0 Å². The van der Waals surface area contributed by atoms with Crippen molar-refractivity contribution in [3.63, 3.8) is 0 Å². The minimum absolute atomic E-state index is 0.0629. The van der Waals surface area contributed by atoms with Crippen LogP contribution in [0.5, 0.6) is 11.5 Å². The molecule has 6 heteroatoms. The average molecular weight is 392 g/mol. The fourth-order valence-corrected chi connectivity index (χ4v) is 4.54. The van der Waals surface area contributed by atoms with Crippen molar-refractivity contribution < 1.29 is 24.5 Å². The summed E-state index contributed by atoms with van der Waals surface area (Å²) in [7, 11) is 1.63. The summed E-state index contributed by atoms with van der Waals surface area (Å²) in [5.74, 6) is 1.06. The lowest BCUT2D eigenvalue weighted by Gasteiger charge is -2.34. The van der Waals surface area contributed by atoms with Crippen LogP contribution in [0.25, 0.3) is 0 Å². The van der Waals surface area contributed by atoms with E-state index in [0.29, 0.717) is 18.8 Å². The first-order chi connectivity index (χ1) is 13.3. The molecule has 0 aromatic heterocycles. The second kappa shape index (κ2) is 8.29. The Balaban J connectivity index is 1.91. The quantitative estimate of drug-likeness (QED) is 0.780. The number of ether oxygens (including phenoxy) is 2. The van der Waals surface area contributed by atoms with Crippen LogP contribution in [-0.4, -0.2) is 59.5 Å². The van der Waals surface area contributed by atoms with Crippen LogP contribution in [0.2, 0.25) is 0 Å².